The van der Waals surface area contributed by atoms with E-state index in [-0.39, 0.29) is 24.4 Å². The number of nitrogens with zero attached hydrogens (tertiary/aromatic N) is 3. The minimum atomic E-state index is -0.570. The van der Waals surface area contributed by atoms with E-state index in [9.17, 15) is 9.59 Å². The van der Waals surface area contributed by atoms with E-state index in [2.05, 4.69) is 16.9 Å². The molecule has 0 aromatic carbocycles. The molecular weight excluding hydrogens is 308 g/mol. The fourth-order valence-electron chi connectivity index (χ4n) is 2.08. The van der Waals surface area contributed by atoms with Crippen LogP contribution in [0.4, 0.5) is 5.82 Å². The SMILES string of the molecule is CCCCN(CC(N)=O)c1cc(C(C)(C)C)nc(C(=O)OCC)n1. The van der Waals surface area contributed by atoms with Crippen LogP contribution in [0.25, 0.3) is 0 Å². The molecule has 1 aromatic heterocycles. The molecule has 0 radical (unpaired) electrons. The number of nitrogens with two attached hydrogens (primary N) is 1. The van der Waals surface area contributed by atoms with Crippen LogP contribution in [-0.2, 0) is 14.9 Å². The quantitative estimate of drug-likeness (QED) is 0.729. The van der Waals surface area contributed by atoms with Crippen molar-refractivity contribution >= 4 is 17.7 Å². The average molecular weight is 336 g/mol. The first-order valence-corrected chi connectivity index (χ1v) is 8.29. The highest BCUT2D eigenvalue weighted by molar-refractivity contribution is 5.86. The van der Waals surface area contributed by atoms with Crippen molar-refractivity contribution in [1.29, 1.82) is 0 Å². The standard InChI is InChI=1S/C17H28N4O3/c1-6-8-9-21(11-13(18)22)14-10-12(17(3,4)5)19-15(20-14)16(23)24-7-2/h10H,6-9,11H2,1-5H3,(H2,18,22). The minimum Gasteiger partial charge on any atom is -0.460 e. The van der Waals surface area contributed by atoms with E-state index in [1.54, 1.807) is 17.9 Å². The van der Waals surface area contributed by atoms with Crippen molar-refractivity contribution in [2.75, 3.05) is 24.6 Å². The average Bonchev–Trinajstić information content (AvgIpc) is 2.50. The number of ether oxygens (including phenoxy) is 1. The summed E-state index contributed by atoms with van der Waals surface area (Å²) in [5, 5.41) is 0. The molecule has 7 nitrogen and oxygen atoms in total. The van der Waals surface area contributed by atoms with Gasteiger partial charge in [0.05, 0.1) is 18.8 Å². The zero-order chi connectivity index (χ0) is 18.3. The van der Waals surface area contributed by atoms with E-state index >= 15 is 0 Å². The van der Waals surface area contributed by atoms with Crippen LogP contribution in [0.2, 0.25) is 0 Å². The smallest absolute Gasteiger partial charge is 0.376 e. The number of rotatable bonds is 8. The number of hydrogen-bond acceptors (Lipinski definition) is 6. The Morgan fingerprint density at radius 2 is 1.92 bits per heavy atom. The van der Waals surface area contributed by atoms with Crippen LogP contribution in [0.1, 0.15) is 63.8 Å². The molecule has 0 aliphatic heterocycles. The first kappa shape index (κ1) is 19.9. The summed E-state index contributed by atoms with van der Waals surface area (Å²) in [5.41, 5.74) is 5.79. The molecule has 0 aliphatic carbocycles. The molecule has 0 aliphatic rings. The summed E-state index contributed by atoms with van der Waals surface area (Å²) >= 11 is 0. The molecule has 0 fully saturated rings. The number of esters is 1. The van der Waals surface area contributed by atoms with Gasteiger partial charge in [-0.05, 0) is 13.3 Å². The lowest BCUT2D eigenvalue weighted by Gasteiger charge is -2.25. The molecular formula is C17H28N4O3. The van der Waals surface area contributed by atoms with Gasteiger partial charge in [0.25, 0.3) is 0 Å². The molecule has 0 saturated carbocycles. The van der Waals surface area contributed by atoms with Crippen molar-refractivity contribution in [2.24, 2.45) is 5.73 Å². The van der Waals surface area contributed by atoms with E-state index in [1.165, 1.54) is 0 Å². The molecule has 0 unspecified atom stereocenters. The third-order valence-electron chi connectivity index (χ3n) is 3.39. The summed E-state index contributed by atoms with van der Waals surface area (Å²) in [6.45, 7) is 10.7. The van der Waals surface area contributed by atoms with E-state index < -0.39 is 11.9 Å². The van der Waals surface area contributed by atoms with Crippen LogP contribution in [-0.4, -0.2) is 41.5 Å². The number of carbonyl (C=O) groups excluding carboxylic acids is 2. The second-order valence-electron chi connectivity index (χ2n) is 6.65. The Balaban J connectivity index is 3.33. The molecule has 1 rings (SSSR count). The number of amides is 1. The third kappa shape index (κ3) is 5.79. The highest BCUT2D eigenvalue weighted by Crippen LogP contribution is 2.24. The predicted molar refractivity (Wildman–Crippen MR) is 93.0 cm³/mol. The van der Waals surface area contributed by atoms with Crippen molar-refractivity contribution in [1.82, 2.24) is 9.97 Å². The van der Waals surface area contributed by atoms with Gasteiger partial charge < -0.3 is 15.4 Å². The number of primary amides is 1. The second kappa shape index (κ2) is 8.61. The van der Waals surface area contributed by atoms with E-state index in [1.807, 2.05) is 20.8 Å². The Bertz CT molecular complexity index is 582. The molecule has 134 valence electrons. The summed E-state index contributed by atoms with van der Waals surface area (Å²) in [5.74, 6) is -0.491. The lowest BCUT2D eigenvalue weighted by Crippen LogP contribution is -2.36. The maximum absolute atomic E-state index is 12.1. The third-order valence-corrected chi connectivity index (χ3v) is 3.39. The summed E-state index contributed by atoms with van der Waals surface area (Å²) in [7, 11) is 0. The monoisotopic (exact) mass is 336 g/mol. The van der Waals surface area contributed by atoms with Gasteiger partial charge in [0.15, 0.2) is 0 Å². The Hall–Kier alpha value is -2.18. The predicted octanol–water partition coefficient (Wildman–Crippen LogP) is 2.04. The molecule has 24 heavy (non-hydrogen) atoms. The Labute approximate surface area is 143 Å². The molecule has 1 heterocycles. The van der Waals surface area contributed by atoms with Crippen LogP contribution in [0, 0.1) is 0 Å². The largest absolute Gasteiger partial charge is 0.460 e. The van der Waals surface area contributed by atoms with Gasteiger partial charge in [0.2, 0.25) is 11.7 Å². The number of aromatic nitrogens is 2. The Morgan fingerprint density at radius 1 is 1.25 bits per heavy atom. The van der Waals surface area contributed by atoms with Gasteiger partial charge in [-0.1, -0.05) is 34.1 Å². The summed E-state index contributed by atoms with van der Waals surface area (Å²) in [4.78, 5) is 33.9. The molecule has 0 atom stereocenters. The van der Waals surface area contributed by atoms with Crippen LogP contribution in [0.15, 0.2) is 6.07 Å². The minimum absolute atomic E-state index is 0.00486. The molecule has 2 N–H and O–H groups in total. The van der Waals surface area contributed by atoms with Gasteiger partial charge >= 0.3 is 5.97 Å². The van der Waals surface area contributed by atoms with Gasteiger partial charge in [-0.25, -0.2) is 14.8 Å². The molecule has 7 heteroatoms. The number of anilines is 1. The van der Waals surface area contributed by atoms with Crippen LogP contribution < -0.4 is 10.6 Å². The van der Waals surface area contributed by atoms with Gasteiger partial charge in [-0.3, -0.25) is 4.79 Å². The van der Waals surface area contributed by atoms with Crippen LogP contribution >= 0.6 is 0 Å². The lowest BCUT2D eigenvalue weighted by molar-refractivity contribution is -0.116. The summed E-state index contributed by atoms with van der Waals surface area (Å²) in [6, 6.07) is 1.81. The highest BCUT2D eigenvalue weighted by Gasteiger charge is 2.23. The van der Waals surface area contributed by atoms with Crippen molar-refractivity contribution in [3.05, 3.63) is 17.6 Å². The Morgan fingerprint density at radius 3 is 2.42 bits per heavy atom. The van der Waals surface area contributed by atoms with Crippen molar-refractivity contribution in [2.45, 2.75) is 52.9 Å². The second-order valence-corrected chi connectivity index (χ2v) is 6.65. The van der Waals surface area contributed by atoms with E-state index in [4.69, 9.17) is 10.5 Å². The van der Waals surface area contributed by atoms with Gasteiger partial charge in [0, 0.05) is 18.0 Å². The van der Waals surface area contributed by atoms with E-state index in [0.29, 0.717) is 18.1 Å². The van der Waals surface area contributed by atoms with Crippen molar-refractivity contribution < 1.29 is 14.3 Å². The molecule has 1 amide bonds. The van der Waals surface area contributed by atoms with Crippen molar-refractivity contribution in [3.8, 4) is 0 Å². The van der Waals surface area contributed by atoms with Crippen molar-refractivity contribution in [3.63, 3.8) is 0 Å². The van der Waals surface area contributed by atoms with Gasteiger partial charge in [-0.15, -0.1) is 0 Å². The maximum atomic E-state index is 12.1. The molecule has 0 bridgehead atoms. The van der Waals surface area contributed by atoms with E-state index in [0.717, 1.165) is 12.8 Å². The molecule has 0 spiro atoms. The van der Waals surface area contributed by atoms with Gasteiger partial charge in [-0.2, -0.15) is 0 Å². The number of unbranched alkanes of at least 4 members (excludes halogenated alkanes) is 1. The summed E-state index contributed by atoms with van der Waals surface area (Å²) in [6.07, 6.45) is 1.86. The first-order chi connectivity index (χ1) is 11.2. The van der Waals surface area contributed by atoms with Crippen LogP contribution in [0.5, 0.6) is 0 Å². The first-order valence-electron chi connectivity index (χ1n) is 8.29. The number of hydrogen-bond donors (Lipinski definition) is 1. The summed E-state index contributed by atoms with van der Waals surface area (Å²) < 4.78 is 5.02. The fraction of sp³-hybridized carbons (Fsp3) is 0.647. The molecule has 1 aromatic rings. The normalized spacial score (nSPS) is 11.2. The lowest BCUT2D eigenvalue weighted by atomic mass is 9.92. The highest BCUT2D eigenvalue weighted by atomic mass is 16.5. The number of carbonyl (C=O) groups is 2. The Kier molecular flexibility index (Phi) is 7.13. The molecule has 0 saturated heterocycles. The zero-order valence-corrected chi connectivity index (χ0v) is 15.3. The fourth-order valence-corrected chi connectivity index (χ4v) is 2.08. The maximum Gasteiger partial charge on any atom is 0.376 e. The van der Waals surface area contributed by atoms with Crippen LogP contribution in [0.3, 0.4) is 0 Å². The van der Waals surface area contributed by atoms with Gasteiger partial charge in [0.1, 0.15) is 5.82 Å². The zero-order valence-electron chi connectivity index (χ0n) is 15.3. The topological polar surface area (TPSA) is 98.4 Å².